The van der Waals surface area contributed by atoms with E-state index in [9.17, 15) is 4.39 Å². The largest absolute Gasteiger partial charge is 0.381 e. The van der Waals surface area contributed by atoms with Crippen molar-refractivity contribution in [3.8, 4) is 0 Å². The van der Waals surface area contributed by atoms with E-state index in [1.165, 1.54) is 23.2 Å². The van der Waals surface area contributed by atoms with E-state index in [0.29, 0.717) is 6.61 Å². The number of aromatic nitrogens is 2. The van der Waals surface area contributed by atoms with Gasteiger partial charge in [0, 0.05) is 41.4 Å². The highest BCUT2D eigenvalue weighted by atomic mass is 19.1. The first-order chi connectivity index (χ1) is 14.9. The molecule has 0 radical (unpaired) electrons. The van der Waals surface area contributed by atoms with Gasteiger partial charge in [-0.1, -0.05) is 18.2 Å². The van der Waals surface area contributed by atoms with Crippen LogP contribution in [0.5, 0.6) is 0 Å². The molecule has 0 amide bonds. The van der Waals surface area contributed by atoms with Crippen molar-refractivity contribution >= 4 is 10.9 Å². The fourth-order valence-corrected chi connectivity index (χ4v) is 4.66. The quantitative estimate of drug-likeness (QED) is 0.490. The molecule has 4 nitrogen and oxygen atoms in total. The minimum absolute atomic E-state index is 0.0770. The van der Waals surface area contributed by atoms with Crippen LogP contribution in [0.4, 0.5) is 4.39 Å². The summed E-state index contributed by atoms with van der Waals surface area (Å²) in [6.45, 7) is 10.1. The highest BCUT2D eigenvalue weighted by Gasteiger charge is 2.43. The first-order valence-corrected chi connectivity index (χ1v) is 11.2. The van der Waals surface area contributed by atoms with Crippen LogP contribution in [0.15, 0.2) is 54.9 Å². The lowest BCUT2D eigenvalue weighted by Crippen LogP contribution is -2.42. The molecule has 2 aromatic heterocycles. The Bertz CT molecular complexity index is 1020. The van der Waals surface area contributed by atoms with Crippen molar-refractivity contribution in [2.45, 2.75) is 45.6 Å². The summed E-state index contributed by atoms with van der Waals surface area (Å²) in [5.41, 5.74) is 3.15. The molecule has 3 heterocycles. The average Bonchev–Trinajstić information content (AvgIpc) is 3.22. The number of likely N-dealkylation sites (tertiary alicyclic amines) is 1. The Hall–Kier alpha value is -2.37. The SMILES string of the molecule is CCOC[C@]1(CCc2ccc(F)cn2)CCN(C(C)(C)c2cnc3ccccc3c2)C1. The van der Waals surface area contributed by atoms with Crippen LogP contribution < -0.4 is 0 Å². The molecule has 1 saturated heterocycles. The normalized spacial score (nSPS) is 19.9. The summed E-state index contributed by atoms with van der Waals surface area (Å²) in [6, 6.07) is 13.8. The molecule has 5 heteroatoms. The molecule has 3 aromatic rings. The molecule has 1 fully saturated rings. The smallest absolute Gasteiger partial charge is 0.141 e. The van der Waals surface area contributed by atoms with Crippen LogP contribution in [0.3, 0.4) is 0 Å². The Morgan fingerprint density at radius 1 is 1.13 bits per heavy atom. The molecule has 1 aliphatic heterocycles. The first kappa shape index (κ1) is 21.8. The minimum Gasteiger partial charge on any atom is -0.381 e. The third-order valence-electron chi connectivity index (χ3n) is 6.84. The van der Waals surface area contributed by atoms with Crippen molar-refractivity contribution < 1.29 is 9.13 Å². The number of halogens is 1. The molecule has 0 N–H and O–H groups in total. The number of rotatable bonds is 8. The maximum Gasteiger partial charge on any atom is 0.141 e. The number of benzene rings is 1. The lowest BCUT2D eigenvalue weighted by Gasteiger charge is -2.38. The van der Waals surface area contributed by atoms with E-state index in [2.05, 4.69) is 48.0 Å². The van der Waals surface area contributed by atoms with E-state index in [1.807, 2.05) is 19.2 Å². The highest BCUT2D eigenvalue weighted by Crippen LogP contribution is 2.42. The molecule has 0 aliphatic carbocycles. The molecule has 1 atom stereocenters. The molecule has 31 heavy (non-hydrogen) atoms. The molecule has 1 aromatic carbocycles. The monoisotopic (exact) mass is 421 g/mol. The third-order valence-corrected chi connectivity index (χ3v) is 6.84. The number of hydrogen-bond donors (Lipinski definition) is 0. The van der Waals surface area contributed by atoms with E-state index in [0.717, 1.165) is 50.2 Å². The lowest BCUT2D eigenvalue weighted by molar-refractivity contribution is 0.0383. The van der Waals surface area contributed by atoms with Gasteiger partial charge in [-0.3, -0.25) is 14.9 Å². The summed E-state index contributed by atoms with van der Waals surface area (Å²) in [7, 11) is 0. The maximum absolute atomic E-state index is 13.2. The van der Waals surface area contributed by atoms with Crippen molar-refractivity contribution in [1.29, 1.82) is 0 Å². The topological polar surface area (TPSA) is 38.2 Å². The first-order valence-electron chi connectivity index (χ1n) is 11.2. The second kappa shape index (κ2) is 9.01. The van der Waals surface area contributed by atoms with Gasteiger partial charge in [-0.25, -0.2) is 4.39 Å². The van der Waals surface area contributed by atoms with Crippen molar-refractivity contribution in [3.05, 3.63) is 71.9 Å². The molecule has 1 aliphatic rings. The average molecular weight is 422 g/mol. The Balaban J connectivity index is 1.52. The molecule has 4 rings (SSSR count). The van der Waals surface area contributed by atoms with Gasteiger partial charge in [0.2, 0.25) is 0 Å². The molecule has 164 valence electrons. The fraction of sp³-hybridized carbons (Fsp3) is 0.462. The fourth-order valence-electron chi connectivity index (χ4n) is 4.66. The van der Waals surface area contributed by atoms with Crippen LogP contribution in [0.25, 0.3) is 10.9 Å². The van der Waals surface area contributed by atoms with Crippen LogP contribution in [-0.2, 0) is 16.7 Å². The number of nitrogens with zero attached hydrogens (tertiary/aromatic N) is 3. The van der Waals surface area contributed by atoms with Crippen molar-refractivity contribution in [2.75, 3.05) is 26.3 Å². The zero-order valence-electron chi connectivity index (χ0n) is 18.8. The Morgan fingerprint density at radius 2 is 1.97 bits per heavy atom. The maximum atomic E-state index is 13.2. The molecule has 0 spiro atoms. The number of hydrogen-bond acceptors (Lipinski definition) is 4. The second-order valence-electron chi connectivity index (χ2n) is 9.25. The van der Waals surface area contributed by atoms with E-state index in [1.54, 1.807) is 6.07 Å². The van der Waals surface area contributed by atoms with Crippen LogP contribution >= 0.6 is 0 Å². The van der Waals surface area contributed by atoms with Crippen molar-refractivity contribution in [3.63, 3.8) is 0 Å². The van der Waals surface area contributed by atoms with Gasteiger partial charge in [0.25, 0.3) is 0 Å². The summed E-state index contributed by atoms with van der Waals surface area (Å²) in [5.74, 6) is -0.287. The van der Waals surface area contributed by atoms with Gasteiger partial charge in [0.15, 0.2) is 0 Å². The van der Waals surface area contributed by atoms with Gasteiger partial charge in [-0.05, 0) is 76.4 Å². The van der Waals surface area contributed by atoms with Gasteiger partial charge in [0.05, 0.1) is 18.3 Å². The van der Waals surface area contributed by atoms with Gasteiger partial charge in [-0.15, -0.1) is 0 Å². The number of fused-ring (bicyclic) bond motifs is 1. The lowest BCUT2D eigenvalue weighted by atomic mass is 9.82. The summed E-state index contributed by atoms with van der Waals surface area (Å²) >= 11 is 0. The predicted molar refractivity (Wildman–Crippen MR) is 122 cm³/mol. The standard InChI is InChI=1S/C26H32FN3O/c1-4-31-19-26(12-11-23-10-9-22(27)17-28-23)13-14-30(18-26)25(2,3)21-15-20-7-5-6-8-24(20)29-16-21/h5-10,15-17H,4,11-14,18-19H2,1-3H3/t26-/m1/s1. The van der Waals surface area contributed by atoms with Crippen LogP contribution in [-0.4, -0.2) is 41.2 Å². The van der Waals surface area contributed by atoms with Gasteiger partial charge in [-0.2, -0.15) is 0 Å². The van der Waals surface area contributed by atoms with Crippen LogP contribution in [0.2, 0.25) is 0 Å². The molecule has 0 saturated carbocycles. The molecular formula is C26H32FN3O. The predicted octanol–water partition coefficient (Wildman–Crippen LogP) is 5.37. The summed E-state index contributed by atoms with van der Waals surface area (Å²) in [6.07, 6.45) is 6.22. The summed E-state index contributed by atoms with van der Waals surface area (Å²) in [5, 5.41) is 1.18. The van der Waals surface area contributed by atoms with E-state index < -0.39 is 0 Å². The van der Waals surface area contributed by atoms with Gasteiger partial charge < -0.3 is 4.74 Å². The molecule has 0 bridgehead atoms. The summed E-state index contributed by atoms with van der Waals surface area (Å²) in [4.78, 5) is 11.5. The van der Waals surface area contributed by atoms with E-state index in [-0.39, 0.29) is 16.8 Å². The van der Waals surface area contributed by atoms with Gasteiger partial charge in [0.1, 0.15) is 5.82 Å². The number of pyridine rings is 2. The third kappa shape index (κ3) is 4.78. The van der Waals surface area contributed by atoms with Crippen molar-refractivity contribution in [1.82, 2.24) is 14.9 Å². The summed E-state index contributed by atoms with van der Waals surface area (Å²) < 4.78 is 19.1. The number of ether oxygens (including phenoxy) is 1. The Labute approximate surface area is 184 Å². The van der Waals surface area contributed by atoms with E-state index in [4.69, 9.17) is 9.72 Å². The number of aryl methyl sites for hydroxylation is 1. The van der Waals surface area contributed by atoms with E-state index >= 15 is 0 Å². The van der Waals surface area contributed by atoms with Crippen LogP contribution in [0, 0.1) is 11.2 Å². The van der Waals surface area contributed by atoms with Crippen molar-refractivity contribution in [2.24, 2.45) is 5.41 Å². The Kier molecular flexibility index (Phi) is 6.35. The number of para-hydroxylation sites is 1. The van der Waals surface area contributed by atoms with Gasteiger partial charge >= 0.3 is 0 Å². The Morgan fingerprint density at radius 3 is 2.74 bits per heavy atom. The minimum atomic E-state index is -0.287. The zero-order chi connectivity index (χ0) is 21.9. The second-order valence-corrected chi connectivity index (χ2v) is 9.25. The van der Waals surface area contributed by atoms with Crippen LogP contribution in [0.1, 0.15) is 44.9 Å². The zero-order valence-corrected chi connectivity index (χ0v) is 18.8. The molecular weight excluding hydrogens is 389 g/mol. The highest BCUT2D eigenvalue weighted by molar-refractivity contribution is 5.78. The molecule has 0 unspecified atom stereocenters.